The van der Waals surface area contributed by atoms with Crippen molar-refractivity contribution >= 4 is 5.97 Å². The molecule has 7 atom stereocenters. The van der Waals surface area contributed by atoms with Gasteiger partial charge in [0.15, 0.2) is 11.6 Å². The van der Waals surface area contributed by atoms with Crippen LogP contribution in [0.3, 0.4) is 0 Å². The minimum atomic E-state index is -0.497. The first-order valence-corrected chi connectivity index (χ1v) is 12.6. The average molecular weight is 435 g/mol. The molecule has 0 amide bonds. The first-order valence-electron chi connectivity index (χ1n) is 12.6. The van der Waals surface area contributed by atoms with Crippen LogP contribution in [0.1, 0.15) is 72.1 Å². The second-order valence-corrected chi connectivity index (χ2v) is 11.6. The Morgan fingerprint density at radius 2 is 1.55 bits per heavy atom. The first kappa shape index (κ1) is 20.9. The second kappa shape index (κ2) is 6.91. The van der Waals surface area contributed by atoms with Gasteiger partial charge >= 0.3 is 5.97 Å². The maximum absolute atomic E-state index is 11.6. The van der Waals surface area contributed by atoms with Gasteiger partial charge in [0.05, 0.1) is 26.4 Å². The predicted octanol–water partition coefficient (Wildman–Crippen LogP) is 4.06. The van der Waals surface area contributed by atoms with Gasteiger partial charge in [0.25, 0.3) is 0 Å². The molecule has 6 aliphatic rings. The number of rotatable bonds is 1. The van der Waals surface area contributed by atoms with Gasteiger partial charge in [-0.3, -0.25) is 4.79 Å². The minimum absolute atomic E-state index is 0.0190. The van der Waals surface area contributed by atoms with Gasteiger partial charge in [-0.1, -0.05) is 13.8 Å². The summed E-state index contributed by atoms with van der Waals surface area (Å²) in [4.78, 5) is 11.6. The SMILES string of the molecule is CC(=O)O[C@H]1CC[C@@]2(C)[C@H](C1)CC1(OCCO1)[C@@H]1[C@@H]2CC[C@@]2(C)[C@H]1CCC21OCCO1. The molecule has 0 bridgehead atoms. The van der Waals surface area contributed by atoms with Gasteiger partial charge in [-0.25, -0.2) is 0 Å². The van der Waals surface area contributed by atoms with E-state index in [1.54, 1.807) is 0 Å². The van der Waals surface area contributed by atoms with E-state index in [-0.39, 0.29) is 22.9 Å². The minimum Gasteiger partial charge on any atom is -0.463 e. The molecule has 2 heterocycles. The predicted molar refractivity (Wildman–Crippen MR) is 112 cm³/mol. The summed E-state index contributed by atoms with van der Waals surface area (Å²) in [7, 11) is 0. The van der Waals surface area contributed by atoms with Crippen LogP contribution in [0.4, 0.5) is 0 Å². The lowest BCUT2D eigenvalue weighted by Crippen LogP contribution is -2.65. The molecule has 6 fully saturated rings. The Hall–Kier alpha value is -0.690. The fraction of sp³-hybridized carbons (Fsp3) is 0.960. The number of fused-ring (bicyclic) bond motifs is 7. The summed E-state index contributed by atoms with van der Waals surface area (Å²) in [6.07, 6.45) is 8.42. The fourth-order valence-electron chi connectivity index (χ4n) is 9.17. The Kier molecular flexibility index (Phi) is 4.65. The Morgan fingerprint density at radius 3 is 2.26 bits per heavy atom. The van der Waals surface area contributed by atoms with E-state index in [1.165, 1.54) is 13.3 Å². The quantitative estimate of drug-likeness (QED) is 0.580. The Labute approximate surface area is 185 Å². The third kappa shape index (κ3) is 2.74. The number of ether oxygens (including phenoxy) is 5. The van der Waals surface area contributed by atoms with Crippen LogP contribution in [0.2, 0.25) is 0 Å². The van der Waals surface area contributed by atoms with Crippen LogP contribution >= 0.6 is 0 Å². The third-order valence-corrected chi connectivity index (χ3v) is 10.5. The normalized spacial score (nSPS) is 49.6. The Bertz CT molecular complexity index is 740. The zero-order valence-corrected chi connectivity index (χ0v) is 19.3. The Morgan fingerprint density at radius 1 is 0.871 bits per heavy atom. The van der Waals surface area contributed by atoms with Crippen molar-refractivity contribution in [2.45, 2.75) is 89.8 Å². The largest absolute Gasteiger partial charge is 0.463 e. The van der Waals surface area contributed by atoms with E-state index >= 15 is 0 Å². The molecule has 4 saturated carbocycles. The van der Waals surface area contributed by atoms with E-state index in [0.29, 0.717) is 50.1 Å². The van der Waals surface area contributed by atoms with Crippen LogP contribution < -0.4 is 0 Å². The molecule has 174 valence electrons. The molecule has 31 heavy (non-hydrogen) atoms. The zero-order valence-electron chi connectivity index (χ0n) is 19.3. The van der Waals surface area contributed by atoms with Gasteiger partial charge in [0.1, 0.15) is 6.10 Å². The third-order valence-electron chi connectivity index (χ3n) is 10.5. The molecule has 0 N–H and O–H groups in total. The highest BCUT2D eigenvalue weighted by atomic mass is 16.7. The molecule has 6 rings (SSSR count). The van der Waals surface area contributed by atoms with Crippen molar-refractivity contribution in [3.8, 4) is 0 Å². The summed E-state index contributed by atoms with van der Waals surface area (Å²) in [5.74, 6) is 0.836. The molecule has 0 aromatic carbocycles. The molecular formula is C25H38O6. The van der Waals surface area contributed by atoms with Crippen LogP contribution in [0.15, 0.2) is 0 Å². The van der Waals surface area contributed by atoms with Crippen molar-refractivity contribution < 1.29 is 28.5 Å². The summed E-state index contributed by atoms with van der Waals surface area (Å²) in [5.41, 5.74) is 0.265. The number of carbonyl (C=O) groups excluding carboxylic acids is 1. The summed E-state index contributed by atoms with van der Waals surface area (Å²) in [6, 6.07) is 0. The maximum atomic E-state index is 11.6. The van der Waals surface area contributed by atoms with Gasteiger partial charge < -0.3 is 23.7 Å². The van der Waals surface area contributed by atoms with Crippen LogP contribution in [0.25, 0.3) is 0 Å². The van der Waals surface area contributed by atoms with Crippen molar-refractivity contribution in [3.63, 3.8) is 0 Å². The fourth-order valence-corrected chi connectivity index (χ4v) is 9.17. The highest BCUT2D eigenvalue weighted by molar-refractivity contribution is 5.66. The van der Waals surface area contributed by atoms with E-state index < -0.39 is 11.6 Å². The van der Waals surface area contributed by atoms with Crippen molar-refractivity contribution in [1.82, 2.24) is 0 Å². The molecule has 0 radical (unpaired) electrons. The van der Waals surface area contributed by atoms with Crippen molar-refractivity contribution in [1.29, 1.82) is 0 Å². The van der Waals surface area contributed by atoms with Crippen LogP contribution in [-0.2, 0) is 28.5 Å². The van der Waals surface area contributed by atoms with Crippen LogP contribution in [0.5, 0.6) is 0 Å². The summed E-state index contributed by atoms with van der Waals surface area (Å²) >= 11 is 0. The topological polar surface area (TPSA) is 63.2 Å². The number of hydrogen-bond donors (Lipinski definition) is 0. The summed E-state index contributed by atoms with van der Waals surface area (Å²) < 4.78 is 31.4. The molecular weight excluding hydrogens is 396 g/mol. The lowest BCUT2D eigenvalue weighted by atomic mass is 9.43. The van der Waals surface area contributed by atoms with Crippen molar-refractivity contribution in [2.75, 3.05) is 26.4 Å². The summed E-state index contributed by atoms with van der Waals surface area (Å²) in [6.45, 7) is 9.25. The van der Waals surface area contributed by atoms with Crippen molar-refractivity contribution in [3.05, 3.63) is 0 Å². The monoisotopic (exact) mass is 434 g/mol. The van der Waals surface area contributed by atoms with E-state index in [1.807, 2.05) is 0 Å². The first-order chi connectivity index (χ1) is 14.8. The number of carbonyl (C=O) groups is 1. The molecule has 0 aromatic rings. The lowest BCUT2D eigenvalue weighted by molar-refractivity contribution is -0.317. The lowest BCUT2D eigenvalue weighted by Gasteiger charge is -2.65. The van der Waals surface area contributed by atoms with Gasteiger partial charge in [0, 0.05) is 31.1 Å². The molecule has 2 aliphatic heterocycles. The van der Waals surface area contributed by atoms with Crippen LogP contribution in [-0.4, -0.2) is 50.1 Å². The van der Waals surface area contributed by atoms with Gasteiger partial charge in [-0.05, 0) is 61.7 Å². The average Bonchev–Trinajstić information content (AvgIpc) is 3.45. The standard InChI is InChI=1S/C25H38O6/c1-16(26)31-18-4-7-22(2)17(14-18)15-24(27-10-11-28-24)21-19(22)5-8-23(3)20(21)6-9-25(23)29-12-13-30-25/h17-21H,4-15H2,1-3H3/t17-,18+,19+,20+,21-,22+,23+/m1/s1. The van der Waals surface area contributed by atoms with E-state index in [4.69, 9.17) is 23.7 Å². The molecule has 4 aliphatic carbocycles. The van der Waals surface area contributed by atoms with Gasteiger partial charge in [-0.2, -0.15) is 0 Å². The molecule has 2 spiro atoms. The van der Waals surface area contributed by atoms with Gasteiger partial charge in [-0.15, -0.1) is 0 Å². The summed E-state index contributed by atoms with van der Waals surface area (Å²) in [5, 5.41) is 0. The second-order valence-electron chi connectivity index (χ2n) is 11.6. The van der Waals surface area contributed by atoms with Crippen molar-refractivity contribution in [2.24, 2.45) is 34.5 Å². The zero-order chi connectivity index (χ0) is 21.5. The molecule has 6 nitrogen and oxygen atoms in total. The highest BCUT2D eigenvalue weighted by Gasteiger charge is 2.72. The van der Waals surface area contributed by atoms with Crippen LogP contribution in [0, 0.1) is 34.5 Å². The van der Waals surface area contributed by atoms with E-state index in [2.05, 4.69) is 13.8 Å². The molecule has 2 saturated heterocycles. The molecule has 0 unspecified atom stereocenters. The number of esters is 1. The maximum Gasteiger partial charge on any atom is 0.302 e. The van der Waals surface area contributed by atoms with E-state index in [9.17, 15) is 4.79 Å². The molecule has 0 aromatic heterocycles. The Balaban J connectivity index is 1.36. The number of hydrogen-bond acceptors (Lipinski definition) is 6. The van der Waals surface area contributed by atoms with E-state index in [0.717, 1.165) is 44.9 Å². The molecule has 6 heteroatoms. The highest BCUT2D eigenvalue weighted by Crippen LogP contribution is 2.72. The van der Waals surface area contributed by atoms with Gasteiger partial charge in [0.2, 0.25) is 0 Å². The smallest absolute Gasteiger partial charge is 0.302 e.